The van der Waals surface area contributed by atoms with Crippen LogP contribution >= 0.6 is 0 Å². The number of fused-ring (bicyclic) bond motifs is 4. The topological polar surface area (TPSA) is 210 Å². The molecule has 5 N–H and O–H groups in total. The highest BCUT2D eigenvalue weighted by atomic mass is 19.1. The van der Waals surface area contributed by atoms with Gasteiger partial charge in [0.1, 0.15) is 22.6 Å². The maximum absolute atomic E-state index is 14.8. The molecule has 14 heteroatoms. The number of halogens is 1. The lowest BCUT2D eigenvalue weighted by Crippen LogP contribution is -2.43. The zero-order chi connectivity index (χ0) is 34.3. The second-order valence-corrected chi connectivity index (χ2v) is 12.2. The largest absolute Gasteiger partial charge is 0.507 e. The fraction of sp³-hybridized carbons (Fsp3) is 0.235. The molecule has 4 aliphatic rings. The number of phenols is 3. The van der Waals surface area contributed by atoms with Gasteiger partial charge in [-0.2, -0.15) is 0 Å². The van der Waals surface area contributed by atoms with Gasteiger partial charge in [0.05, 0.1) is 35.0 Å². The number of allylic oxidation sites excluding steroid dienone is 2. The summed E-state index contributed by atoms with van der Waals surface area (Å²) in [6.45, 7) is 0. The molecule has 0 spiro atoms. The predicted molar refractivity (Wildman–Crippen MR) is 161 cm³/mol. The van der Waals surface area contributed by atoms with Gasteiger partial charge in [0, 0.05) is 23.6 Å². The van der Waals surface area contributed by atoms with Crippen molar-refractivity contribution in [1.29, 1.82) is 0 Å². The number of imide groups is 2. The number of aromatic hydroxyl groups is 3. The van der Waals surface area contributed by atoms with E-state index in [1.165, 1.54) is 24.3 Å². The monoisotopic (exact) mass is 656 g/mol. The summed E-state index contributed by atoms with van der Waals surface area (Å²) in [5, 5.41) is 50.1. The van der Waals surface area contributed by atoms with E-state index in [4.69, 9.17) is 0 Å². The van der Waals surface area contributed by atoms with Crippen molar-refractivity contribution in [3.8, 4) is 17.2 Å². The molecule has 244 valence electrons. The zero-order valence-corrected chi connectivity index (χ0v) is 24.6. The van der Waals surface area contributed by atoms with E-state index < -0.39 is 105 Å². The van der Waals surface area contributed by atoms with Gasteiger partial charge in [0.15, 0.2) is 11.6 Å². The van der Waals surface area contributed by atoms with E-state index in [0.29, 0.717) is 5.57 Å². The van der Waals surface area contributed by atoms with E-state index >= 15 is 0 Å². The molecule has 7 rings (SSSR count). The lowest BCUT2D eigenvalue weighted by atomic mass is 9.57. The van der Waals surface area contributed by atoms with Crippen molar-refractivity contribution in [3.05, 3.63) is 88.8 Å². The molecule has 3 aromatic carbocycles. The smallest absolute Gasteiger partial charge is 0.339 e. The van der Waals surface area contributed by atoms with E-state index in [1.807, 2.05) is 0 Å². The highest BCUT2D eigenvalue weighted by Crippen LogP contribution is 2.59. The van der Waals surface area contributed by atoms with E-state index in [0.717, 1.165) is 40.1 Å². The fourth-order valence-electron chi connectivity index (χ4n) is 7.91. The van der Waals surface area contributed by atoms with Crippen LogP contribution in [0, 0.1) is 35.4 Å². The molecule has 2 aliphatic carbocycles. The summed E-state index contributed by atoms with van der Waals surface area (Å²) in [5.41, 5.74) is -0.608. The molecule has 0 radical (unpaired) electrons. The third-order valence-corrected chi connectivity index (χ3v) is 9.94. The Bertz CT molecular complexity index is 2040. The minimum atomic E-state index is -1.43. The Labute approximate surface area is 269 Å². The molecule has 2 aliphatic heterocycles. The van der Waals surface area contributed by atoms with Gasteiger partial charge < -0.3 is 25.5 Å². The van der Waals surface area contributed by atoms with Crippen LogP contribution in [0.3, 0.4) is 0 Å². The quantitative estimate of drug-likeness (QED) is 0.199. The highest BCUT2D eigenvalue weighted by molar-refractivity contribution is 6.24. The summed E-state index contributed by atoms with van der Waals surface area (Å²) in [4.78, 5) is 80.5. The molecule has 2 heterocycles. The third kappa shape index (κ3) is 4.28. The minimum absolute atomic E-state index is 0.00529. The normalized spacial score (nSPS) is 26.2. The van der Waals surface area contributed by atoms with Gasteiger partial charge in [-0.25, -0.2) is 23.8 Å². The first-order valence-electron chi connectivity index (χ1n) is 14.9. The Kier molecular flexibility index (Phi) is 6.86. The first-order chi connectivity index (χ1) is 22.8. The number of carboxylic acid groups (broad SMARTS) is 2. The molecule has 0 unspecified atom stereocenters. The molecule has 48 heavy (non-hydrogen) atoms. The second-order valence-electron chi connectivity index (χ2n) is 12.2. The number of anilines is 2. The van der Waals surface area contributed by atoms with E-state index in [-0.39, 0.29) is 29.8 Å². The fourth-order valence-corrected chi connectivity index (χ4v) is 7.91. The molecule has 0 aromatic heterocycles. The van der Waals surface area contributed by atoms with Crippen molar-refractivity contribution < 1.29 is 58.7 Å². The number of nitrogens with zero attached hydrogens (tertiary/aromatic N) is 2. The zero-order valence-electron chi connectivity index (χ0n) is 24.6. The van der Waals surface area contributed by atoms with Crippen LogP contribution in [-0.2, 0) is 19.2 Å². The Morgan fingerprint density at radius 3 is 1.77 bits per heavy atom. The van der Waals surface area contributed by atoms with Gasteiger partial charge in [-0.3, -0.25) is 19.2 Å². The second kappa shape index (κ2) is 10.8. The summed E-state index contributed by atoms with van der Waals surface area (Å²) in [6, 6.07) is 10.2. The molecule has 4 amide bonds. The average Bonchev–Trinajstić information content (AvgIpc) is 3.44. The van der Waals surface area contributed by atoms with Crippen molar-refractivity contribution in [2.24, 2.45) is 29.6 Å². The van der Waals surface area contributed by atoms with Crippen LogP contribution in [0.25, 0.3) is 0 Å². The maximum Gasteiger partial charge on any atom is 0.339 e. The number of para-hydroxylation sites is 1. The number of carbonyl (C=O) groups is 6. The van der Waals surface area contributed by atoms with Crippen LogP contribution in [0.4, 0.5) is 15.8 Å². The molecule has 0 bridgehead atoms. The Morgan fingerprint density at radius 1 is 0.688 bits per heavy atom. The van der Waals surface area contributed by atoms with Crippen LogP contribution in [0.15, 0.2) is 66.2 Å². The Balaban J connectivity index is 1.32. The van der Waals surface area contributed by atoms with Crippen molar-refractivity contribution in [2.75, 3.05) is 9.80 Å². The lowest BCUT2D eigenvalue weighted by Gasteiger charge is -2.44. The number of hydrogen-bond acceptors (Lipinski definition) is 9. The molecule has 2 saturated heterocycles. The predicted octanol–water partition coefficient (Wildman–Crippen LogP) is 3.38. The SMILES string of the molecule is O=C(O)c1ccc(N2C(=O)[C@H]3[C@H](CC=C4[C@H]3C[C@H]3C(=O)N(c5ccc(C(=O)O)c(O)c5)C(=O)[C@H]3[C@H]4c3cccc(F)c3O)C2=O)cc1O. The Morgan fingerprint density at radius 2 is 1.23 bits per heavy atom. The van der Waals surface area contributed by atoms with Gasteiger partial charge in [0.25, 0.3) is 0 Å². The number of hydrogen-bond donors (Lipinski definition) is 5. The Hall–Kier alpha value is -6.05. The summed E-state index contributed by atoms with van der Waals surface area (Å²) in [7, 11) is 0. The van der Waals surface area contributed by atoms with Crippen molar-refractivity contribution >= 4 is 46.9 Å². The third-order valence-electron chi connectivity index (χ3n) is 9.94. The number of aromatic carboxylic acids is 2. The highest BCUT2D eigenvalue weighted by Gasteiger charge is 2.62. The molecule has 3 aromatic rings. The van der Waals surface area contributed by atoms with Gasteiger partial charge in [-0.15, -0.1) is 0 Å². The number of phenolic OH excluding ortho intramolecular Hbond substituents is 1. The number of rotatable bonds is 5. The van der Waals surface area contributed by atoms with E-state index in [2.05, 4.69) is 0 Å². The van der Waals surface area contributed by atoms with Crippen molar-refractivity contribution in [3.63, 3.8) is 0 Å². The first kappa shape index (κ1) is 30.6. The number of benzene rings is 3. The van der Waals surface area contributed by atoms with E-state index in [9.17, 15) is 58.7 Å². The molecule has 1 saturated carbocycles. The molecule has 6 atom stereocenters. The lowest BCUT2D eigenvalue weighted by molar-refractivity contribution is -0.126. The number of carbonyl (C=O) groups excluding carboxylic acids is 4. The molecule has 13 nitrogen and oxygen atoms in total. The standard InChI is InChI=1S/C34H25FN2O11/c35-22-3-1-2-18(28(22)40)25-15-8-9-19-26(31(43)36(29(19)41)13-4-6-16(33(45)46)23(38)10-13)20(15)12-21-27(25)32(44)37(30(21)42)14-5-7-17(34(47)48)24(39)11-14/h1-8,10-11,19-21,25-27,38-40H,9,12H2,(H,45,46)(H,47,48)/t19-,20+,21+,25+,26-,27+/m0/s1. The first-order valence-corrected chi connectivity index (χ1v) is 14.9. The van der Waals surface area contributed by atoms with Gasteiger partial charge in [0.2, 0.25) is 23.6 Å². The molecular weight excluding hydrogens is 631 g/mol. The van der Waals surface area contributed by atoms with Crippen LogP contribution in [0.1, 0.15) is 45.0 Å². The van der Waals surface area contributed by atoms with Crippen molar-refractivity contribution in [2.45, 2.75) is 18.8 Å². The minimum Gasteiger partial charge on any atom is -0.507 e. The van der Waals surface area contributed by atoms with Crippen LogP contribution < -0.4 is 9.80 Å². The summed E-state index contributed by atoms with van der Waals surface area (Å²) >= 11 is 0. The number of carboxylic acids is 2. The van der Waals surface area contributed by atoms with Crippen LogP contribution in [-0.4, -0.2) is 61.1 Å². The van der Waals surface area contributed by atoms with Gasteiger partial charge in [-0.1, -0.05) is 23.8 Å². The van der Waals surface area contributed by atoms with Gasteiger partial charge in [-0.05, 0) is 49.1 Å². The summed E-state index contributed by atoms with van der Waals surface area (Å²) in [5.74, 6) is -14.9. The summed E-state index contributed by atoms with van der Waals surface area (Å²) in [6.07, 6.45) is 1.61. The average molecular weight is 657 g/mol. The molecule has 3 fully saturated rings. The van der Waals surface area contributed by atoms with Crippen molar-refractivity contribution in [1.82, 2.24) is 0 Å². The van der Waals surface area contributed by atoms with Crippen LogP contribution in [0.2, 0.25) is 0 Å². The molecular formula is C34H25FN2O11. The number of amides is 4. The van der Waals surface area contributed by atoms with E-state index in [1.54, 1.807) is 6.08 Å². The maximum atomic E-state index is 14.8. The van der Waals surface area contributed by atoms with Crippen LogP contribution in [0.5, 0.6) is 17.2 Å². The summed E-state index contributed by atoms with van der Waals surface area (Å²) < 4.78 is 14.8. The van der Waals surface area contributed by atoms with Gasteiger partial charge >= 0.3 is 11.9 Å².